The van der Waals surface area contributed by atoms with Crippen molar-refractivity contribution in [1.82, 2.24) is 0 Å². The minimum absolute atomic E-state index is 0.0893. The molecule has 4 aromatic rings. The van der Waals surface area contributed by atoms with Gasteiger partial charge in [0.1, 0.15) is 0 Å². The predicted molar refractivity (Wildman–Crippen MR) is 187 cm³/mol. The molecule has 0 radical (unpaired) electrons. The number of hydrogen-bond acceptors (Lipinski definition) is 4. The van der Waals surface area contributed by atoms with Crippen molar-refractivity contribution in [2.45, 2.75) is 39.5 Å². The van der Waals surface area contributed by atoms with Crippen molar-refractivity contribution in [3.63, 3.8) is 0 Å². The molecule has 4 N–H and O–H groups in total. The molecular weight excluding hydrogens is 856 g/mol. The maximum atomic E-state index is 12.1. The molecule has 8 nitrogen and oxygen atoms in total. The third-order valence-electron chi connectivity index (χ3n) is 7.86. The number of halogens is 4. The molecule has 0 atom stereocenters. The van der Waals surface area contributed by atoms with E-state index >= 15 is 0 Å². The quantitative estimate of drug-likeness (QED) is 0.130. The molecule has 0 unspecified atom stereocenters. The highest BCUT2D eigenvalue weighted by Gasteiger charge is 2.33. The molecule has 46 heavy (non-hydrogen) atoms. The Kier molecular flexibility index (Phi) is 10.7. The SMILES string of the molecule is Cc1cc(C(c2cc(C)c(C(=O)O)c(Br)c2)C(c2cc(C)c(C(=O)O)c(Br)c2)c2cc(C)c(C(=O)O)c(Br)c2)cc(Br)c1C(=O)O. The van der Waals surface area contributed by atoms with Crippen LogP contribution >= 0.6 is 63.7 Å². The zero-order chi connectivity index (χ0) is 34.4. The lowest BCUT2D eigenvalue weighted by Gasteiger charge is -2.32. The molecule has 0 bridgehead atoms. The number of carbonyl (C=O) groups is 4. The summed E-state index contributed by atoms with van der Waals surface area (Å²) in [6.07, 6.45) is 0. The van der Waals surface area contributed by atoms with Gasteiger partial charge in [0.15, 0.2) is 0 Å². The van der Waals surface area contributed by atoms with Gasteiger partial charge in [0.2, 0.25) is 0 Å². The highest BCUT2D eigenvalue weighted by Crippen LogP contribution is 2.47. The Morgan fingerprint density at radius 3 is 0.717 bits per heavy atom. The first kappa shape index (κ1) is 35.5. The summed E-state index contributed by atoms with van der Waals surface area (Å²) in [5.41, 5.74) is 5.01. The Morgan fingerprint density at radius 2 is 0.587 bits per heavy atom. The van der Waals surface area contributed by atoms with Gasteiger partial charge in [-0.05, 0) is 160 Å². The molecule has 4 rings (SSSR count). The van der Waals surface area contributed by atoms with E-state index in [0.29, 0.717) is 62.4 Å². The van der Waals surface area contributed by atoms with Gasteiger partial charge in [-0.1, -0.05) is 24.3 Å². The first-order valence-electron chi connectivity index (χ1n) is 13.6. The summed E-state index contributed by atoms with van der Waals surface area (Å²) in [4.78, 5) is 48.3. The summed E-state index contributed by atoms with van der Waals surface area (Å²) in [5, 5.41) is 39.5. The maximum Gasteiger partial charge on any atom is 0.337 e. The normalized spacial score (nSPS) is 11.3. The average molecular weight is 882 g/mol. The molecule has 0 amide bonds. The smallest absolute Gasteiger partial charge is 0.337 e. The Hall–Kier alpha value is -3.32. The number of aryl methyl sites for hydroxylation is 4. The number of carboxylic acids is 4. The van der Waals surface area contributed by atoms with Gasteiger partial charge in [0, 0.05) is 29.7 Å². The number of carboxylic acid groups (broad SMARTS) is 4. The summed E-state index contributed by atoms with van der Waals surface area (Å²) in [5.74, 6) is -5.66. The fourth-order valence-corrected chi connectivity index (χ4v) is 9.03. The molecule has 0 fully saturated rings. The van der Waals surface area contributed by atoms with E-state index in [-0.39, 0.29) is 22.3 Å². The van der Waals surface area contributed by atoms with Gasteiger partial charge in [-0.25, -0.2) is 19.2 Å². The number of benzene rings is 4. The molecule has 0 aliphatic heterocycles. The Balaban J connectivity index is 2.20. The lowest BCUT2D eigenvalue weighted by molar-refractivity contribution is 0.0684. The van der Waals surface area contributed by atoms with Crippen molar-refractivity contribution in [3.8, 4) is 0 Å². The van der Waals surface area contributed by atoms with Gasteiger partial charge in [0.05, 0.1) is 22.3 Å². The summed E-state index contributed by atoms with van der Waals surface area (Å²) in [6, 6.07) is 13.9. The van der Waals surface area contributed by atoms with Gasteiger partial charge in [-0.15, -0.1) is 0 Å². The van der Waals surface area contributed by atoms with E-state index in [4.69, 9.17) is 0 Å². The minimum atomic E-state index is -1.11. The first-order valence-corrected chi connectivity index (χ1v) is 16.7. The Labute approximate surface area is 298 Å². The second-order valence-electron chi connectivity index (χ2n) is 11.0. The second kappa shape index (κ2) is 13.8. The van der Waals surface area contributed by atoms with Crippen LogP contribution in [0.3, 0.4) is 0 Å². The van der Waals surface area contributed by atoms with E-state index in [9.17, 15) is 39.6 Å². The Bertz CT molecular complexity index is 1590. The molecular formula is C34H26Br4O8. The molecule has 0 spiro atoms. The Morgan fingerprint density at radius 1 is 0.413 bits per heavy atom. The fourth-order valence-electron chi connectivity index (χ4n) is 6.04. The molecule has 0 saturated carbocycles. The van der Waals surface area contributed by atoms with Crippen LogP contribution in [0, 0.1) is 27.7 Å². The van der Waals surface area contributed by atoms with Crippen LogP contribution in [0.2, 0.25) is 0 Å². The maximum absolute atomic E-state index is 12.1. The topological polar surface area (TPSA) is 149 Å². The van der Waals surface area contributed by atoms with E-state index in [2.05, 4.69) is 63.7 Å². The molecule has 4 aromatic carbocycles. The standard InChI is InChI=1S/C34H26Br4O8/c1-13-5-17(9-21(35)25(13)31(39)40)29(18-6-14(2)26(32(41)42)22(36)10-18)30(19-7-15(3)27(33(43)44)23(37)11-19)20-8-16(4)28(34(45)46)24(38)12-20/h5-12,29-30H,1-4H3,(H,39,40)(H,41,42)(H,43,44)(H,45,46). The van der Waals surface area contributed by atoms with E-state index in [0.717, 1.165) is 0 Å². The van der Waals surface area contributed by atoms with Gasteiger partial charge in [-0.2, -0.15) is 0 Å². The third kappa shape index (κ3) is 6.85. The number of hydrogen-bond donors (Lipinski definition) is 4. The van der Waals surface area contributed by atoms with Crippen molar-refractivity contribution in [2.24, 2.45) is 0 Å². The molecule has 238 valence electrons. The van der Waals surface area contributed by atoms with Crippen molar-refractivity contribution in [3.05, 3.63) is 133 Å². The highest BCUT2D eigenvalue weighted by molar-refractivity contribution is 9.11. The van der Waals surface area contributed by atoms with Gasteiger partial charge >= 0.3 is 23.9 Å². The summed E-state index contributed by atoms with van der Waals surface area (Å²) < 4.78 is 1.37. The summed E-state index contributed by atoms with van der Waals surface area (Å²) in [6.45, 7) is 6.74. The van der Waals surface area contributed by atoms with E-state index in [1.54, 1.807) is 76.2 Å². The second-order valence-corrected chi connectivity index (χ2v) is 14.4. The molecule has 0 aliphatic rings. The summed E-state index contributed by atoms with van der Waals surface area (Å²) in [7, 11) is 0. The minimum Gasteiger partial charge on any atom is -0.478 e. The predicted octanol–water partition coefficient (Wildman–Crippen LogP) is 9.73. The number of aromatic carboxylic acids is 4. The number of rotatable bonds is 9. The van der Waals surface area contributed by atoms with E-state index in [1.165, 1.54) is 0 Å². The first-order chi connectivity index (χ1) is 21.4. The van der Waals surface area contributed by atoms with Gasteiger partial charge in [0.25, 0.3) is 0 Å². The van der Waals surface area contributed by atoms with E-state index < -0.39 is 35.7 Å². The van der Waals surface area contributed by atoms with Crippen molar-refractivity contribution in [1.29, 1.82) is 0 Å². The van der Waals surface area contributed by atoms with Crippen LogP contribution in [0.4, 0.5) is 0 Å². The average Bonchev–Trinajstić information content (AvgIpc) is 2.88. The largest absolute Gasteiger partial charge is 0.478 e. The summed E-state index contributed by atoms with van der Waals surface area (Å²) >= 11 is 13.8. The molecule has 0 aliphatic carbocycles. The van der Waals surface area contributed by atoms with Crippen LogP contribution in [0.1, 0.15) is 97.8 Å². The van der Waals surface area contributed by atoms with Crippen LogP contribution in [-0.4, -0.2) is 44.3 Å². The van der Waals surface area contributed by atoms with Crippen LogP contribution in [-0.2, 0) is 0 Å². The van der Waals surface area contributed by atoms with Crippen LogP contribution in [0.5, 0.6) is 0 Å². The van der Waals surface area contributed by atoms with Crippen LogP contribution < -0.4 is 0 Å². The lowest BCUT2D eigenvalue weighted by Crippen LogP contribution is -2.18. The zero-order valence-corrected chi connectivity index (χ0v) is 31.1. The third-order valence-corrected chi connectivity index (χ3v) is 10.4. The molecule has 12 heteroatoms. The van der Waals surface area contributed by atoms with E-state index in [1.807, 2.05) is 0 Å². The van der Waals surface area contributed by atoms with Crippen molar-refractivity contribution >= 4 is 87.6 Å². The molecule has 0 heterocycles. The van der Waals surface area contributed by atoms with Crippen molar-refractivity contribution < 1.29 is 39.6 Å². The monoisotopic (exact) mass is 878 g/mol. The van der Waals surface area contributed by atoms with Crippen LogP contribution in [0.25, 0.3) is 0 Å². The highest BCUT2D eigenvalue weighted by atomic mass is 79.9. The fraction of sp³-hybridized carbons (Fsp3) is 0.176. The van der Waals surface area contributed by atoms with Crippen LogP contribution in [0.15, 0.2) is 66.4 Å². The molecule has 0 aromatic heterocycles. The molecule has 0 saturated heterocycles. The van der Waals surface area contributed by atoms with Gasteiger partial charge in [-0.3, -0.25) is 0 Å². The zero-order valence-electron chi connectivity index (χ0n) is 24.7. The van der Waals surface area contributed by atoms with Gasteiger partial charge < -0.3 is 20.4 Å². The van der Waals surface area contributed by atoms with Crippen molar-refractivity contribution in [2.75, 3.05) is 0 Å². The lowest BCUT2D eigenvalue weighted by atomic mass is 9.72.